The second kappa shape index (κ2) is 4.46. The number of rotatable bonds is 2. The van der Waals surface area contributed by atoms with Crippen LogP contribution in [-0.2, 0) is 11.2 Å². The van der Waals surface area contributed by atoms with Crippen molar-refractivity contribution in [2.75, 3.05) is 25.6 Å². The fourth-order valence-electron chi connectivity index (χ4n) is 2.53. The van der Waals surface area contributed by atoms with E-state index in [0.29, 0.717) is 0 Å². The Bertz CT molecular complexity index is 522. The lowest BCUT2D eigenvalue weighted by molar-refractivity contribution is 0.0934. The molecule has 1 N–H and O–H groups in total. The van der Waals surface area contributed by atoms with Crippen LogP contribution >= 0.6 is 0 Å². The van der Waals surface area contributed by atoms with Gasteiger partial charge in [-0.2, -0.15) is 0 Å². The number of ether oxygens (including phenoxy) is 1. The van der Waals surface area contributed by atoms with Crippen LogP contribution in [0, 0.1) is 0 Å². The number of anilines is 1. The van der Waals surface area contributed by atoms with Crippen LogP contribution in [0.3, 0.4) is 0 Å². The number of likely N-dealkylation sites (N-methyl/N-ethyl adjacent to an activating group) is 1. The first-order valence-corrected chi connectivity index (χ1v) is 6.15. The largest absolute Gasteiger partial charge is 0.374 e. The molecule has 0 saturated carbocycles. The Morgan fingerprint density at radius 2 is 2.33 bits per heavy atom. The van der Waals surface area contributed by atoms with Crippen LogP contribution in [0.2, 0.25) is 0 Å². The fraction of sp³-hybridized carbons (Fsp3) is 0.357. The molecule has 0 radical (unpaired) electrons. The number of hydrogen-bond acceptors (Lipinski definition) is 4. The summed E-state index contributed by atoms with van der Waals surface area (Å²) < 4.78 is 5.12. The van der Waals surface area contributed by atoms with E-state index >= 15 is 0 Å². The normalized spacial score (nSPS) is 21.6. The molecule has 94 valence electrons. The second-order valence-electron chi connectivity index (χ2n) is 4.61. The molecule has 1 aromatic carbocycles. The van der Waals surface area contributed by atoms with Gasteiger partial charge in [-0.3, -0.25) is 0 Å². The summed E-state index contributed by atoms with van der Waals surface area (Å²) in [6.07, 6.45) is 4.71. The maximum absolute atomic E-state index is 5.12. The van der Waals surface area contributed by atoms with Gasteiger partial charge in [0.15, 0.2) is 0 Å². The van der Waals surface area contributed by atoms with Gasteiger partial charge in [0.2, 0.25) is 6.35 Å². The first kappa shape index (κ1) is 11.3. The zero-order valence-electron chi connectivity index (χ0n) is 10.7. The number of allylic oxidation sites excluding steroid dienone is 1. The summed E-state index contributed by atoms with van der Waals surface area (Å²) in [5, 5.41) is 3.12. The van der Waals surface area contributed by atoms with E-state index in [-0.39, 0.29) is 6.35 Å². The van der Waals surface area contributed by atoms with Gasteiger partial charge < -0.3 is 15.0 Å². The molecule has 0 fully saturated rings. The summed E-state index contributed by atoms with van der Waals surface area (Å²) in [7, 11) is 3.78. The first-order chi connectivity index (χ1) is 8.79. The van der Waals surface area contributed by atoms with Crippen molar-refractivity contribution in [2.24, 2.45) is 4.99 Å². The van der Waals surface area contributed by atoms with Gasteiger partial charge in [-0.05, 0) is 23.6 Å². The highest BCUT2D eigenvalue weighted by molar-refractivity contribution is 6.11. The average Bonchev–Trinajstić information content (AvgIpc) is 2.81. The van der Waals surface area contributed by atoms with Crippen molar-refractivity contribution in [1.29, 1.82) is 0 Å². The minimum absolute atomic E-state index is 0.256. The van der Waals surface area contributed by atoms with Crippen molar-refractivity contribution in [1.82, 2.24) is 5.32 Å². The zero-order chi connectivity index (χ0) is 12.5. The quantitative estimate of drug-likeness (QED) is 0.857. The molecule has 4 heteroatoms. The molecule has 3 rings (SSSR count). The molecule has 0 aromatic heterocycles. The Labute approximate surface area is 107 Å². The summed E-state index contributed by atoms with van der Waals surface area (Å²) in [4.78, 5) is 6.61. The predicted octanol–water partition coefficient (Wildman–Crippen LogP) is 1.62. The van der Waals surface area contributed by atoms with Gasteiger partial charge in [-0.25, -0.2) is 4.99 Å². The average molecular weight is 243 g/mol. The Balaban J connectivity index is 1.95. The third-order valence-electron chi connectivity index (χ3n) is 3.52. The predicted molar refractivity (Wildman–Crippen MR) is 73.8 cm³/mol. The lowest BCUT2D eigenvalue weighted by atomic mass is 9.98. The van der Waals surface area contributed by atoms with E-state index in [1.54, 1.807) is 7.11 Å². The molecular formula is C14H17N3O. The summed E-state index contributed by atoms with van der Waals surface area (Å²) in [6.45, 7) is 1.09. The lowest BCUT2D eigenvalue weighted by Crippen LogP contribution is -2.27. The van der Waals surface area contributed by atoms with Crippen LogP contribution in [0.25, 0.3) is 5.57 Å². The van der Waals surface area contributed by atoms with Gasteiger partial charge in [-0.15, -0.1) is 0 Å². The van der Waals surface area contributed by atoms with Crippen molar-refractivity contribution in [2.45, 2.75) is 12.8 Å². The summed E-state index contributed by atoms with van der Waals surface area (Å²) >= 11 is 0. The minimum atomic E-state index is -0.256. The smallest absolute Gasteiger partial charge is 0.224 e. The Hall–Kier alpha value is -1.81. The molecule has 4 nitrogen and oxygen atoms in total. The van der Waals surface area contributed by atoms with Crippen molar-refractivity contribution in [3.8, 4) is 0 Å². The SMILES string of the molecule is COC1N=CC(c2cccc3c2CCN3C)=CN1. The minimum Gasteiger partial charge on any atom is -0.374 e. The zero-order valence-corrected chi connectivity index (χ0v) is 10.7. The van der Waals surface area contributed by atoms with Crippen LogP contribution in [-0.4, -0.2) is 33.3 Å². The molecule has 0 bridgehead atoms. The summed E-state index contributed by atoms with van der Waals surface area (Å²) in [5.41, 5.74) is 5.13. The number of benzene rings is 1. The van der Waals surface area contributed by atoms with Gasteiger partial charge in [0.05, 0.1) is 0 Å². The summed E-state index contributed by atoms with van der Waals surface area (Å²) in [5.74, 6) is 0. The van der Waals surface area contributed by atoms with Crippen molar-refractivity contribution >= 4 is 17.5 Å². The highest BCUT2D eigenvalue weighted by Gasteiger charge is 2.20. The van der Waals surface area contributed by atoms with E-state index in [2.05, 4.69) is 40.5 Å². The molecule has 2 aliphatic heterocycles. The third kappa shape index (κ3) is 1.78. The number of hydrogen-bond donors (Lipinski definition) is 1. The van der Waals surface area contributed by atoms with E-state index < -0.39 is 0 Å². The number of aliphatic imine (C=N–C) groups is 1. The van der Waals surface area contributed by atoms with Crippen LogP contribution in [0.1, 0.15) is 11.1 Å². The van der Waals surface area contributed by atoms with E-state index in [9.17, 15) is 0 Å². The molecule has 2 heterocycles. The number of fused-ring (bicyclic) bond motifs is 1. The maximum Gasteiger partial charge on any atom is 0.224 e. The molecule has 1 unspecified atom stereocenters. The van der Waals surface area contributed by atoms with Gasteiger partial charge in [-0.1, -0.05) is 12.1 Å². The van der Waals surface area contributed by atoms with Gasteiger partial charge in [0.1, 0.15) is 0 Å². The van der Waals surface area contributed by atoms with E-state index in [1.165, 1.54) is 16.8 Å². The molecule has 0 amide bonds. The van der Waals surface area contributed by atoms with Gasteiger partial charge in [0, 0.05) is 44.4 Å². The van der Waals surface area contributed by atoms with Gasteiger partial charge in [0.25, 0.3) is 0 Å². The van der Waals surface area contributed by atoms with E-state index in [1.807, 2.05) is 12.4 Å². The molecular weight excluding hydrogens is 226 g/mol. The second-order valence-corrected chi connectivity index (χ2v) is 4.61. The third-order valence-corrected chi connectivity index (χ3v) is 3.52. The molecule has 0 saturated heterocycles. The van der Waals surface area contributed by atoms with Crippen LogP contribution in [0.4, 0.5) is 5.69 Å². The van der Waals surface area contributed by atoms with Crippen LogP contribution in [0.15, 0.2) is 29.4 Å². The molecule has 0 aliphatic carbocycles. The van der Waals surface area contributed by atoms with Crippen molar-refractivity contribution < 1.29 is 4.74 Å². The fourth-order valence-corrected chi connectivity index (χ4v) is 2.53. The molecule has 1 aromatic rings. The van der Waals surface area contributed by atoms with Crippen LogP contribution < -0.4 is 10.2 Å². The number of nitrogens with zero attached hydrogens (tertiary/aromatic N) is 2. The van der Waals surface area contributed by atoms with E-state index in [0.717, 1.165) is 18.5 Å². The van der Waals surface area contributed by atoms with Gasteiger partial charge >= 0.3 is 0 Å². The van der Waals surface area contributed by atoms with Crippen molar-refractivity contribution in [3.05, 3.63) is 35.5 Å². The highest BCUT2D eigenvalue weighted by atomic mass is 16.5. The Morgan fingerprint density at radius 1 is 1.44 bits per heavy atom. The number of methoxy groups -OCH3 is 1. The Kier molecular flexibility index (Phi) is 2.80. The first-order valence-electron chi connectivity index (χ1n) is 6.15. The highest BCUT2D eigenvalue weighted by Crippen LogP contribution is 2.32. The number of nitrogens with one attached hydrogen (secondary N) is 1. The molecule has 2 aliphatic rings. The topological polar surface area (TPSA) is 36.9 Å². The molecule has 0 spiro atoms. The monoisotopic (exact) mass is 243 g/mol. The lowest BCUT2D eigenvalue weighted by Gasteiger charge is -2.18. The standard InChI is InChI=1S/C14H17N3O/c1-17-7-6-12-11(4-3-5-13(12)17)10-8-15-14(18-2)16-9-10/h3-5,8-9,14-15H,6-7H2,1-2H3. The maximum atomic E-state index is 5.12. The molecule has 1 atom stereocenters. The van der Waals surface area contributed by atoms with Crippen molar-refractivity contribution in [3.63, 3.8) is 0 Å². The Morgan fingerprint density at radius 3 is 3.06 bits per heavy atom. The summed E-state index contributed by atoms with van der Waals surface area (Å²) in [6, 6.07) is 6.44. The van der Waals surface area contributed by atoms with Crippen LogP contribution in [0.5, 0.6) is 0 Å². The van der Waals surface area contributed by atoms with E-state index in [4.69, 9.17) is 4.74 Å². The molecule has 18 heavy (non-hydrogen) atoms.